The van der Waals surface area contributed by atoms with Gasteiger partial charge < -0.3 is 14.8 Å². The summed E-state index contributed by atoms with van der Waals surface area (Å²) in [4.78, 5) is 51.1. The van der Waals surface area contributed by atoms with Crippen molar-refractivity contribution >= 4 is 58.1 Å². The van der Waals surface area contributed by atoms with Crippen LogP contribution < -0.4 is 10.1 Å². The highest BCUT2D eigenvalue weighted by Crippen LogP contribution is 2.34. The van der Waals surface area contributed by atoms with E-state index in [-0.39, 0.29) is 33.9 Å². The van der Waals surface area contributed by atoms with Gasteiger partial charge in [-0.1, -0.05) is 36.7 Å². The van der Waals surface area contributed by atoms with Gasteiger partial charge in [-0.3, -0.25) is 19.3 Å². The number of nitrogens with one attached hydrogen (secondary N) is 1. The molecule has 1 N–H and O–H groups in total. The standard InChI is InChI=1S/C25H25ClN2O6S/c1-4-11-33-24(31)18-13-17(9-10-19(18)26)27-22(29)14-28-23(30)21(35-25(28)32)12-16-7-5-6-8-20(16)34-15(2)3/h5-10,12-13,15H,4,11,14H2,1-3H3,(H,27,29)/b21-12-. The maximum Gasteiger partial charge on any atom is 0.339 e. The van der Waals surface area contributed by atoms with Gasteiger partial charge in [-0.25, -0.2) is 4.79 Å². The Morgan fingerprint density at radius 2 is 1.91 bits per heavy atom. The summed E-state index contributed by atoms with van der Waals surface area (Å²) in [5.74, 6) is -1.20. The average molecular weight is 517 g/mol. The molecule has 0 bridgehead atoms. The average Bonchev–Trinajstić information content (AvgIpc) is 3.07. The first-order valence-corrected chi connectivity index (χ1v) is 12.2. The molecule has 0 spiro atoms. The molecule has 184 valence electrons. The highest BCUT2D eigenvalue weighted by Gasteiger charge is 2.36. The number of carbonyl (C=O) groups excluding carboxylic acids is 4. The topological polar surface area (TPSA) is 102 Å². The molecule has 2 aromatic carbocycles. The number of benzene rings is 2. The number of hydrogen-bond acceptors (Lipinski definition) is 7. The van der Waals surface area contributed by atoms with Crippen LogP contribution >= 0.6 is 23.4 Å². The minimum Gasteiger partial charge on any atom is -0.490 e. The Labute approximate surface area is 212 Å². The molecule has 1 saturated heterocycles. The van der Waals surface area contributed by atoms with Crippen LogP contribution in [0.3, 0.4) is 0 Å². The second kappa shape index (κ2) is 11.9. The van der Waals surface area contributed by atoms with Gasteiger partial charge in [-0.2, -0.15) is 0 Å². The van der Waals surface area contributed by atoms with Gasteiger partial charge >= 0.3 is 5.97 Å². The number of anilines is 1. The van der Waals surface area contributed by atoms with Crippen LogP contribution in [0, 0.1) is 0 Å². The number of halogens is 1. The zero-order valence-electron chi connectivity index (χ0n) is 19.5. The highest BCUT2D eigenvalue weighted by atomic mass is 35.5. The Morgan fingerprint density at radius 3 is 2.63 bits per heavy atom. The lowest BCUT2D eigenvalue weighted by molar-refractivity contribution is -0.127. The molecule has 2 aromatic rings. The number of rotatable bonds is 9. The number of ether oxygens (including phenoxy) is 2. The number of amides is 3. The molecule has 1 aliphatic rings. The summed E-state index contributed by atoms with van der Waals surface area (Å²) in [5, 5.41) is 2.21. The van der Waals surface area contributed by atoms with Crippen LogP contribution in [-0.4, -0.2) is 47.2 Å². The first kappa shape index (κ1) is 26.3. The van der Waals surface area contributed by atoms with Crippen molar-refractivity contribution in [2.45, 2.75) is 33.3 Å². The lowest BCUT2D eigenvalue weighted by Gasteiger charge is -2.14. The molecule has 3 amide bonds. The predicted molar refractivity (Wildman–Crippen MR) is 136 cm³/mol. The molecule has 8 nitrogen and oxygen atoms in total. The molecule has 3 rings (SSSR count). The maximum atomic E-state index is 12.8. The van der Waals surface area contributed by atoms with Crippen molar-refractivity contribution in [2.75, 3.05) is 18.5 Å². The van der Waals surface area contributed by atoms with Crippen molar-refractivity contribution in [3.63, 3.8) is 0 Å². The largest absolute Gasteiger partial charge is 0.490 e. The third-order valence-corrected chi connectivity index (χ3v) is 5.89. The Bertz CT molecular complexity index is 1180. The monoisotopic (exact) mass is 516 g/mol. The Kier molecular flexibility index (Phi) is 8.95. The van der Waals surface area contributed by atoms with Crippen molar-refractivity contribution in [1.29, 1.82) is 0 Å². The second-order valence-corrected chi connectivity index (χ2v) is 9.25. The van der Waals surface area contributed by atoms with Gasteiger partial charge in [0.2, 0.25) is 5.91 Å². The number of nitrogens with zero attached hydrogens (tertiary/aromatic N) is 1. The van der Waals surface area contributed by atoms with E-state index in [4.69, 9.17) is 21.1 Å². The minimum absolute atomic E-state index is 0.0646. The van der Waals surface area contributed by atoms with E-state index in [9.17, 15) is 19.2 Å². The van der Waals surface area contributed by atoms with E-state index in [0.29, 0.717) is 17.7 Å². The molecule has 1 aliphatic heterocycles. The van der Waals surface area contributed by atoms with Gasteiger partial charge in [0.05, 0.1) is 28.2 Å². The van der Waals surface area contributed by atoms with Gasteiger partial charge in [0, 0.05) is 11.3 Å². The number of imide groups is 1. The molecule has 0 aliphatic carbocycles. The molecule has 0 aromatic heterocycles. The summed E-state index contributed by atoms with van der Waals surface area (Å²) in [7, 11) is 0. The first-order valence-electron chi connectivity index (χ1n) is 11.0. The lowest BCUT2D eigenvalue weighted by Crippen LogP contribution is -2.36. The fourth-order valence-corrected chi connectivity index (χ4v) is 4.14. The Hall–Kier alpha value is -3.30. The third-order valence-electron chi connectivity index (χ3n) is 4.65. The minimum atomic E-state index is -0.606. The number of carbonyl (C=O) groups is 4. The van der Waals surface area contributed by atoms with E-state index < -0.39 is 29.6 Å². The van der Waals surface area contributed by atoms with Crippen LogP contribution in [0.25, 0.3) is 6.08 Å². The van der Waals surface area contributed by atoms with Gasteiger partial charge in [0.25, 0.3) is 11.1 Å². The van der Waals surface area contributed by atoms with Crippen LogP contribution in [0.15, 0.2) is 47.4 Å². The van der Waals surface area contributed by atoms with Crippen LogP contribution in [0.5, 0.6) is 5.75 Å². The molecule has 1 heterocycles. The zero-order valence-corrected chi connectivity index (χ0v) is 21.1. The van der Waals surface area contributed by atoms with Gasteiger partial charge in [0.1, 0.15) is 12.3 Å². The SMILES string of the molecule is CCCOC(=O)c1cc(NC(=O)CN2C(=O)S/C(=C\c3ccccc3OC(C)C)C2=O)ccc1Cl. The summed E-state index contributed by atoms with van der Waals surface area (Å²) in [6, 6.07) is 11.5. The predicted octanol–water partition coefficient (Wildman–Crippen LogP) is 5.37. The molecule has 0 radical (unpaired) electrons. The molecule has 1 fully saturated rings. The van der Waals surface area contributed by atoms with E-state index in [2.05, 4.69) is 5.32 Å². The number of thioether (sulfide) groups is 1. The quantitative estimate of drug-likeness (QED) is 0.353. The van der Waals surface area contributed by atoms with Crippen molar-refractivity contribution in [1.82, 2.24) is 4.90 Å². The summed E-state index contributed by atoms with van der Waals surface area (Å²) in [6.07, 6.45) is 2.17. The van der Waals surface area contributed by atoms with Gasteiger partial charge in [-0.05, 0) is 62.4 Å². The molecule has 10 heteroatoms. The van der Waals surface area contributed by atoms with Crippen LogP contribution in [-0.2, 0) is 14.3 Å². The molecule has 0 unspecified atom stereocenters. The Morgan fingerprint density at radius 1 is 1.17 bits per heavy atom. The first-order chi connectivity index (χ1) is 16.7. The van der Waals surface area contributed by atoms with E-state index in [1.165, 1.54) is 18.2 Å². The summed E-state index contributed by atoms with van der Waals surface area (Å²) in [5.41, 5.74) is 1.04. The zero-order chi connectivity index (χ0) is 25.5. The fraction of sp³-hybridized carbons (Fsp3) is 0.280. The number of hydrogen-bond donors (Lipinski definition) is 1. The van der Waals surface area contributed by atoms with Gasteiger partial charge in [-0.15, -0.1) is 0 Å². The molecule has 0 saturated carbocycles. The smallest absolute Gasteiger partial charge is 0.339 e. The second-order valence-electron chi connectivity index (χ2n) is 7.85. The van der Waals surface area contributed by atoms with E-state index in [1.54, 1.807) is 24.3 Å². The normalized spacial score (nSPS) is 14.5. The van der Waals surface area contributed by atoms with E-state index >= 15 is 0 Å². The van der Waals surface area contributed by atoms with Crippen molar-refractivity contribution in [3.05, 3.63) is 63.5 Å². The number of para-hydroxylation sites is 1. The number of esters is 1. The molecular formula is C25H25ClN2O6S. The van der Waals surface area contributed by atoms with Crippen molar-refractivity contribution in [3.8, 4) is 5.75 Å². The highest BCUT2D eigenvalue weighted by molar-refractivity contribution is 8.18. The summed E-state index contributed by atoms with van der Waals surface area (Å²) in [6.45, 7) is 5.41. The van der Waals surface area contributed by atoms with Crippen molar-refractivity contribution in [2.24, 2.45) is 0 Å². The van der Waals surface area contributed by atoms with Crippen LogP contribution in [0.1, 0.15) is 43.1 Å². The maximum absolute atomic E-state index is 12.8. The van der Waals surface area contributed by atoms with Crippen LogP contribution in [0.2, 0.25) is 5.02 Å². The van der Waals surface area contributed by atoms with E-state index in [0.717, 1.165) is 16.7 Å². The van der Waals surface area contributed by atoms with Gasteiger partial charge in [0.15, 0.2) is 0 Å². The van der Waals surface area contributed by atoms with Crippen molar-refractivity contribution < 1.29 is 28.7 Å². The molecule has 0 atom stereocenters. The van der Waals surface area contributed by atoms with E-state index in [1.807, 2.05) is 26.8 Å². The molecular weight excluding hydrogens is 492 g/mol. The summed E-state index contributed by atoms with van der Waals surface area (Å²) < 4.78 is 10.9. The fourth-order valence-electron chi connectivity index (χ4n) is 3.11. The molecule has 35 heavy (non-hydrogen) atoms. The van der Waals surface area contributed by atoms with Crippen LogP contribution in [0.4, 0.5) is 10.5 Å². The Balaban J connectivity index is 1.70. The third kappa shape index (κ3) is 6.86. The summed E-state index contributed by atoms with van der Waals surface area (Å²) >= 11 is 6.83. The lowest BCUT2D eigenvalue weighted by atomic mass is 10.2.